The molecule has 0 saturated heterocycles. The Morgan fingerprint density at radius 2 is 1.82 bits per heavy atom. The minimum Gasteiger partial charge on any atom is -0.484 e. The Balaban J connectivity index is 1.94. The van der Waals surface area contributed by atoms with Crippen LogP contribution in [-0.2, 0) is 16.1 Å². The molecule has 2 aromatic carbocycles. The number of benzene rings is 2. The molecule has 1 amide bonds. The van der Waals surface area contributed by atoms with Gasteiger partial charge in [-0.15, -0.1) is 0 Å². The van der Waals surface area contributed by atoms with Gasteiger partial charge in [-0.2, -0.15) is 0 Å². The fourth-order valence-electron chi connectivity index (χ4n) is 3.64. The number of amides is 1. The van der Waals surface area contributed by atoms with Crippen molar-refractivity contribution in [2.75, 3.05) is 47.5 Å². The van der Waals surface area contributed by atoms with Crippen molar-refractivity contribution in [1.29, 1.82) is 0 Å². The van der Waals surface area contributed by atoms with E-state index in [0.29, 0.717) is 53.7 Å². The fourth-order valence-corrected chi connectivity index (χ4v) is 3.77. The molecule has 0 N–H and O–H groups in total. The zero-order valence-electron chi connectivity index (χ0n) is 20.0. The molecule has 3 aromatic rings. The summed E-state index contributed by atoms with van der Waals surface area (Å²) in [5, 5.41) is 1.13. The van der Waals surface area contributed by atoms with Gasteiger partial charge in [0.2, 0.25) is 0 Å². The monoisotopic (exact) mass is 486 g/mol. The summed E-state index contributed by atoms with van der Waals surface area (Å²) < 4.78 is 12.5. The Morgan fingerprint density at radius 1 is 1.12 bits per heavy atom. The van der Waals surface area contributed by atoms with E-state index < -0.39 is 6.04 Å². The highest BCUT2D eigenvalue weighted by Crippen LogP contribution is 2.21. The summed E-state index contributed by atoms with van der Waals surface area (Å²) in [5.41, 5.74) is 0.447. The fraction of sp³-hybridized carbons (Fsp3) is 0.400. The average Bonchev–Trinajstić information content (AvgIpc) is 2.82. The van der Waals surface area contributed by atoms with Crippen LogP contribution in [0.25, 0.3) is 10.9 Å². The first-order valence-corrected chi connectivity index (χ1v) is 11.5. The van der Waals surface area contributed by atoms with E-state index in [9.17, 15) is 9.59 Å². The summed E-state index contributed by atoms with van der Waals surface area (Å²) in [6.07, 6.45) is 0. The molecule has 3 rings (SSSR count). The van der Waals surface area contributed by atoms with Crippen molar-refractivity contribution in [2.45, 2.75) is 19.5 Å². The first-order chi connectivity index (χ1) is 16.3. The third-order valence-corrected chi connectivity index (χ3v) is 5.79. The predicted molar refractivity (Wildman–Crippen MR) is 134 cm³/mol. The van der Waals surface area contributed by atoms with E-state index in [1.165, 1.54) is 0 Å². The van der Waals surface area contributed by atoms with Crippen molar-refractivity contribution < 1.29 is 14.3 Å². The number of hydrogen-bond donors (Lipinski definition) is 0. The molecule has 182 valence electrons. The number of aromatic nitrogens is 2. The van der Waals surface area contributed by atoms with Crippen LogP contribution in [0, 0.1) is 0 Å². The smallest absolute Gasteiger partial charge is 0.261 e. The van der Waals surface area contributed by atoms with E-state index in [0.717, 1.165) is 0 Å². The SMILES string of the molecule is COCCn1c(C(C)N(CCN(C)C)C(=O)COc2ccc(Cl)cc2)nc2ccccc2c1=O. The highest BCUT2D eigenvalue weighted by molar-refractivity contribution is 6.30. The van der Waals surface area contributed by atoms with E-state index in [2.05, 4.69) is 0 Å². The lowest BCUT2D eigenvalue weighted by molar-refractivity contribution is -0.136. The van der Waals surface area contributed by atoms with Crippen LogP contribution >= 0.6 is 11.6 Å². The number of ether oxygens (including phenoxy) is 2. The number of carbonyl (C=O) groups excluding carboxylic acids is 1. The molecule has 0 radical (unpaired) electrons. The molecular formula is C25H31ClN4O4. The van der Waals surface area contributed by atoms with Crippen molar-refractivity contribution in [1.82, 2.24) is 19.4 Å². The maximum Gasteiger partial charge on any atom is 0.261 e. The third kappa shape index (κ3) is 6.34. The second kappa shape index (κ2) is 12.0. The number of halogens is 1. The van der Waals surface area contributed by atoms with Gasteiger partial charge in [-0.3, -0.25) is 14.2 Å². The largest absolute Gasteiger partial charge is 0.484 e. The minimum absolute atomic E-state index is 0.144. The van der Waals surface area contributed by atoms with Gasteiger partial charge in [0.25, 0.3) is 11.5 Å². The Morgan fingerprint density at radius 3 is 2.50 bits per heavy atom. The lowest BCUT2D eigenvalue weighted by atomic mass is 10.2. The molecule has 1 aromatic heterocycles. The van der Waals surface area contributed by atoms with Crippen LogP contribution < -0.4 is 10.3 Å². The second-order valence-electron chi connectivity index (χ2n) is 8.25. The van der Waals surface area contributed by atoms with E-state index in [1.54, 1.807) is 46.9 Å². The molecule has 1 atom stereocenters. The predicted octanol–water partition coefficient (Wildman–Crippen LogP) is 3.23. The quantitative estimate of drug-likeness (QED) is 0.414. The molecule has 1 heterocycles. The van der Waals surface area contributed by atoms with Crippen molar-refractivity contribution in [3.05, 3.63) is 69.7 Å². The molecule has 0 saturated carbocycles. The second-order valence-corrected chi connectivity index (χ2v) is 8.68. The maximum absolute atomic E-state index is 13.3. The van der Waals surface area contributed by atoms with Gasteiger partial charge in [0.05, 0.1) is 30.1 Å². The molecule has 0 aliphatic heterocycles. The summed E-state index contributed by atoms with van der Waals surface area (Å²) in [7, 11) is 5.48. The van der Waals surface area contributed by atoms with Crippen molar-refractivity contribution in [3.8, 4) is 5.75 Å². The van der Waals surface area contributed by atoms with Crippen molar-refractivity contribution >= 4 is 28.4 Å². The zero-order valence-corrected chi connectivity index (χ0v) is 20.8. The molecule has 9 heteroatoms. The number of rotatable bonds is 11. The molecule has 1 unspecified atom stereocenters. The summed E-state index contributed by atoms with van der Waals surface area (Å²) in [6, 6.07) is 13.6. The Bertz CT molecular complexity index is 1160. The number of fused-ring (bicyclic) bond motifs is 1. The molecular weight excluding hydrogens is 456 g/mol. The molecule has 0 aliphatic carbocycles. The average molecular weight is 487 g/mol. The third-order valence-electron chi connectivity index (χ3n) is 5.54. The van der Waals surface area contributed by atoms with Gasteiger partial charge in [-0.25, -0.2) is 4.98 Å². The molecule has 34 heavy (non-hydrogen) atoms. The van der Waals surface area contributed by atoms with Gasteiger partial charge < -0.3 is 19.3 Å². The molecule has 0 bridgehead atoms. The van der Waals surface area contributed by atoms with Crippen molar-refractivity contribution in [2.24, 2.45) is 0 Å². The molecule has 8 nitrogen and oxygen atoms in total. The summed E-state index contributed by atoms with van der Waals surface area (Å²) in [5.74, 6) is 0.864. The van der Waals surface area contributed by atoms with Crippen LogP contribution in [0.4, 0.5) is 0 Å². The molecule has 0 fully saturated rings. The van der Waals surface area contributed by atoms with Gasteiger partial charge in [0.1, 0.15) is 11.6 Å². The van der Waals surface area contributed by atoms with Gasteiger partial charge >= 0.3 is 0 Å². The maximum atomic E-state index is 13.3. The first kappa shape index (κ1) is 25.7. The van der Waals surface area contributed by atoms with Gasteiger partial charge in [0, 0.05) is 25.2 Å². The van der Waals surface area contributed by atoms with E-state index in [-0.39, 0.29) is 18.1 Å². The number of carbonyl (C=O) groups is 1. The number of nitrogens with zero attached hydrogens (tertiary/aromatic N) is 4. The van der Waals surface area contributed by atoms with Crippen LogP contribution in [0.15, 0.2) is 53.3 Å². The van der Waals surface area contributed by atoms with Gasteiger partial charge in [-0.1, -0.05) is 23.7 Å². The van der Waals surface area contributed by atoms with Crippen LogP contribution in [-0.4, -0.2) is 72.8 Å². The Kier molecular flexibility index (Phi) is 9.04. The lowest BCUT2D eigenvalue weighted by Gasteiger charge is -2.31. The number of hydrogen-bond acceptors (Lipinski definition) is 6. The standard InChI is InChI=1S/C25H31ClN4O4/c1-18(24-27-22-8-6-5-7-21(22)25(32)30(24)15-16-33-4)29(14-13-28(2)3)23(31)17-34-20-11-9-19(26)10-12-20/h5-12,18H,13-17H2,1-4H3. The van der Waals surface area contributed by atoms with Gasteiger partial charge in [0.15, 0.2) is 6.61 Å². The summed E-state index contributed by atoms with van der Waals surface area (Å²) in [4.78, 5) is 35.1. The Hall–Kier alpha value is -2.94. The van der Waals surface area contributed by atoms with E-state index in [1.807, 2.05) is 44.1 Å². The van der Waals surface area contributed by atoms with Crippen LogP contribution in [0.3, 0.4) is 0 Å². The summed E-state index contributed by atoms with van der Waals surface area (Å²) in [6.45, 7) is 3.52. The highest BCUT2D eigenvalue weighted by atomic mass is 35.5. The van der Waals surface area contributed by atoms with Gasteiger partial charge in [-0.05, 0) is 57.4 Å². The molecule has 0 spiro atoms. The number of methoxy groups -OCH3 is 1. The first-order valence-electron chi connectivity index (χ1n) is 11.1. The van der Waals surface area contributed by atoms with Crippen LogP contribution in [0.5, 0.6) is 5.75 Å². The zero-order chi connectivity index (χ0) is 24.7. The highest BCUT2D eigenvalue weighted by Gasteiger charge is 2.26. The van der Waals surface area contributed by atoms with Crippen LogP contribution in [0.2, 0.25) is 5.02 Å². The van der Waals surface area contributed by atoms with E-state index in [4.69, 9.17) is 26.1 Å². The summed E-state index contributed by atoms with van der Waals surface area (Å²) >= 11 is 5.93. The topological polar surface area (TPSA) is 76.9 Å². The molecule has 0 aliphatic rings. The number of para-hydroxylation sites is 1. The Labute approximate surface area is 204 Å². The van der Waals surface area contributed by atoms with E-state index >= 15 is 0 Å². The minimum atomic E-state index is -0.463. The number of likely N-dealkylation sites (N-methyl/N-ethyl adjacent to an activating group) is 1. The van der Waals surface area contributed by atoms with Crippen molar-refractivity contribution in [3.63, 3.8) is 0 Å². The normalized spacial score (nSPS) is 12.2. The van der Waals surface area contributed by atoms with Crippen LogP contribution in [0.1, 0.15) is 18.8 Å². The lowest BCUT2D eigenvalue weighted by Crippen LogP contribution is -2.43.